The van der Waals surface area contributed by atoms with Crippen molar-refractivity contribution in [3.05, 3.63) is 0 Å². The van der Waals surface area contributed by atoms with E-state index in [1.54, 1.807) is 6.92 Å². The zero-order chi connectivity index (χ0) is 14.4. The molecule has 6 heteroatoms. The lowest BCUT2D eigenvalue weighted by Gasteiger charge is -2.35. The number of rotatable bonds is 6. The summed E-state index contributed by atoms with van der Waals surface area (Å²) in [5.74, 6) is 0.130. The molecule has 1 amide bonds. The fraction of sp³-hybridized carbons (Fsp3) is 0.929. The molecule has 20 heavy (non-hydrogen) atoms. The summed E-state index contributed by atoms with van der Waals surface area (Å²) in [6.07, 6.45) is 1.90. The minimum Gasteiger partial charge on any atom is -0.389 e. The molecular formula is C14H26N2O4. The van der Waals surface area contributed by atoms with Crippen LogP contribution in [0.15, 0.2) is 0 Å². The molecule has 2 aliphatic heterocycles. The number of ether oxygens (including phenoxy) is 2. The van der Waals surface area contributed by atoms with E-state index in [-0.39, 0.29) is 12.0 Å². The number of amides is 1. The highest BCUT2D eigenvalue weighted by Gasteiger charge is 2.21. The van der Waals surface area contributed by atoms with Gasteiger partial charge in [0.2, 0.25) is 5.91 Å². The Morgan fingerprint density at radius 3 is 2.75 bits per heavy atom. The monoisotopic (exact) mass is 286 g/mol. The lowest BCUT2D eigenvalue weighted by molar-refractivity contribution is -0.130. The first-order valence-corrected chi connectivity index (χ1v) is 7.50. The van der Waals surface area contributed by atoms with E-state index in [4.69, 9.17) is 9.47 Å². The van der Waals surface area contributed by atoms with E-state index in [0.29, 0.717) is 19.8 Å². The summed E-state index contributed by atoms with van der Waals surface area (Å²) in [5, 5.41) is 9.96. The predicted octanol–water partition coefficient (Wildman–Crippen LogP) is -0.293. The third-order valence-electron chi connectivity index (χ3n) is 3.92. The van der Waals surface area contributed by atoms with Crippen molar-refractivity contribution in [3.63, 3.8) is 0 Å². The van der Waals surface area contributed by atoms with Gasteiger partial charge >= 0.3 is 0 Å². The number of aliphatic hydroxyl groups excluding tert-OH is 1. The number of β-amino-alcohol motifs (C(OH)–C–C–N with tert-alkyl or cyclic N) is 1. The van der Waals surface area contributed by atoms with Gasteiger partial charge in [0, 0.05) is 46.3 Å². The minimum absolute atomic E-state index is 0.130. The van der Waals surface area contributed by atoms with E-state index < -0.39 is 6.10 Å². The highest BCUT2D eigenvalue weighted by Crippen LogP contribution is 2.12. The molecule has 0 bridgehead atoms. The first-order valence-electron chi connectivity index (χ1n) is 7.50. The molecule has 2 fully saturated rings. The molecule has 2 atom stereocenters. The van der Waals surface area contributed by atoms with Gasteiger partial charge in [-0.15, -0.1) is 0 Å². The van der Waals surface area contributed by atoms with Gasteiger partial charge in [-0.3, -0.25) is 9.69 Å². The van der Waals surface area contributed by atoms with Gasteiger partial charge in [0.15, 0.2) is 0 Å². The van der Waals surface area contributed by atoms with E-state index in [1.807, 2.05) is 4.90 Å². The highest BCUT2D eigenvalue weighted by molar-refractivity contribution is 5.73. The Labute approximate surface area is 120 Å². The van der Waals surface area contributed by atoms with Gasteiger partial charge in [-0.05, 0) is 12.8 Å². The van der Waals surface area contributed by atoms with Gasteiger partial charge in [0.25, 0.3) is 0 Å². The van der Waals surface area contributed by atoms with Gasteiger partial charge in [0.1, 0.15) is 0 Å². The highest BCUT2D eigenvalue weighted by atomic mass is 16.5. The number of carbonyl (C=O) groups is 1. The summed E-state index contributed by atoms with van der Waals surface area (Å²) < 4.78 is 11.0. The largest absolute Gasteiger partial charge is 0.389 e. The fourth-order valence-electron chi connectivity index (χ4n) is 2.71. The van der Waals surface area contributed by atoms with E-state index in [2.05, 4.69) is 4.90 Å². The SMILES string of the molecule is CC(=O)N1CCN(CC(O)COCC2CCCO2)CC1. The Kier molecular flexibility index (Phi) is 6.22. The number of nitrogens with zero attached hydrogens (tertiary/aromatic N) is 2. The summed E-state index contributed by atoms with van der Waals surface area (Å²) in [6.45, 7) is 7.11. The van der Waals surface area contributed by atoms with E-state index in [0.717, 1.165) is 45.6 Å². The molecule has 2 rings (SSSR count). The van der Waals surface area contributed by atoms with Crippen LogP contribution >= 0.6 is 0 Å². The average molecular weight is 286 g/mol. The molecule has 2 heterocycles. The molecule has 0 radical (unpaired) electrons. The van der Waals surface area contributed by atoms with Crippen molar-refractivity contribution >= 4 is 5.91 Å². The number of piperazine rings is 1. The van der Waals surface area contributed by atoms with Crippen LogP contribution in [-0.2, 0) is 14.3 Å². The van der Waals surface area contributed by atoms with Gasteiger partial charge < -0.3 is 19.5 Å². The Balaban J connectivity index is 1.55. The van der Waals surface area contributed by atoms with Crippen LogP contribution < -0.4 is 0 Å². The normalized spacial score (nSPS) is 25.9. The second-order valence-electron chi connectivity index (χ2n) is 5.63. The first-order chi connectivity index (χ1) is 9.65. The van der Waals surface area contributed by atoms with Crippen molar-refractivity contribution in [2.75, 3.05) is 52.5 Å². The number of hydrogen-bond donors (Lipinski definition) is 1. The molecule has 116 valence electrons. The van der Waals surface area contributed by atoms with Crippen LogP contribution in [0, 0.1) is 0 Å². The lowest BCUT2D eigenvalue weighted by atomic mass is 10.2. The van der Waals surface area contributed by atoms with Crippen molar-refractivity contribution in [1.29, 1.82) is 0 Å². The zero-order valence-electron chi connectivity index (χ0n) is 12.3. The van der Waals surface area contributed by atoms with Crippen LogP contribution in [0.1, 0.15) is 19.8 Å². The fourth-order valence-corrected chi connectivity index (χ4v) is 2.71. The molecule has 0 saturated carbocycles. The van der Waals surface area contributed by atoms with Crippen LogP contribution in [0.25, 0.3) is 0 Å². The predicted molar refractivity (Wildman–Crippen MR) is 74.5 cm³/mol. The van der Waals surface area contributed by atoms with Crippen LogP contribution in [-0.4, -0.2) is 85.6 Å². The molecule has 1 N–H and O–H groups in total. The van der Waals surface area contributed by atoms with Crippen molar-refractivity contribution < 1.29 is 19.4 Å². The summed E-state index contributed by atoms with van der Waals surface area (Å²) in [4.78, 5) is 15.2. The Bertz CT molecular complexity index is 300. The molecule has 2 aliphatic rings. The van der Waals surface area contributed by atoms with E-state index >= 15 is 0 Å². The van der Waals surface area contributed by atoms with Crippen LogP contribution in [0.3, 0.4) is 0 Å². The molecule has 2 saturated heterocycles. The summed E-state index contributed by atoms with van der Waals surface area (Å²) in [6, 6.07) is 0. The van der Waals surface area contributed by atoms with Gasteiger partial charge in [0.05, 0.1) is 25.4 Å². The van der Waals surface area contributed by atoms with Crippen LogP contribution in [0.4, 0.5) is 0 Å². The molecule has 6 nitrogen and oxygen atoms in total. The first kappa shape index (κ1) is 15.7. The van der Waals surface area contributed by atoms with Crippen molar-refractivity contribution in [3.8, 4) is 0 Å². The van der Waals surface area contributed by atoms with Gasteiger partial charge in [-0.1, -0.05) is 0 Å². The van der Waals surface area contributed by atoms with Gasteiger partial charge in [-0.2, -0.15) is 0 Å². The molecule has 0 aromatic carbocycles. The maximum Gasteiger partial charge on any atom is 0.219 e. The summed E-state index contributed by atoms with van der Waals surface area (Å²) in [5.41, 5.74) is 0. The molecular weight excluding hydrogens is 260 g/mol. The number of carbonyl (C=O) groups excluding carboxylic acids is 1. The van der Waals surface area contributed by atoms with Gasteiger partial charge in [-0.25, -0.2) is 0 Å². The molecule has 0 aliphatic carbocycles. The van der Waals surface area contributed by atoms with E-state index in [1.165, 1.54) is 0 Å². The van der Waals surface area contributed by atoms with Crippen molar-refractivity contribution in [2.45, 2.75) is 32.0 Å². The molecule has 0 spiro atoms. The minimum atomic E-state index is -0.472. The standard InChI is InChI=1S/C14H26N2O4/c1-12(17)16-6-4-15(5-7-16)9-13(18)10-19-11-14-3-2-8-20-14/h13-14,18H,2-11H2,1H3. The molecule has 0 aromatic heterocycles. The Hall–Kier alpha value is -0.690. The third kappa shape index (κ3) is 5.01. The smallest absolute Gasteiger partial charge is 0.219 e. The molecule has 0 aromatic rings. The van der Waals surface area contributed by atoms with Crippen molar-refractivity contribution in [1.82, 2.24) is 9.80 Å². The summed E-state index contributed by atoms with van der Waals surface area (Å²) >= 11 is 0. The van der Waals surface area contributed by atoms with Crippen LogP contribution in [0.5, 0.6) is 0 Å². The van der Waals surface area contributed by atoms with Crippen LogP contribution in [0.2, 0.25) is 0 Å². The quantitative estimate of drug-likeness (QED) is 0.727. The Morgan fingerprint density at radius 2 is 2.15 bits per heavy atom. The topological polar surface area (TPSA) is 62.2 Å². The third-order valence-corrected chi connectivity index (χ3v) is 3.92. The van der Waals surface area contributed by atoms with Crippen molar-refractivity contribution in [2.24, 2.45) is 0 Å². The summed E-state index contributed by atoms with van der Waals surface area (Å²) in [7, 11) is 0. The maximum absolute atomic E-state index is 11.2. The maximum atomic E-state index is 11.2. The number of aliphatic hydroxyl groups is 1. The lowest BCUT2D eigenvalue weighted by Crippen LogP contribution is -2.50. The number of hydrogen-bond acceptors (Lipinski definition) is 5. The second kappa shape index (κ2) is 7.93. The second-order valence-corrected chi connectivity index (χ2v) is 5.63. The van der Waals surface area contributed by atoms with E-state index in [9.17, 15) is 9.90 Å². The molecule has 2 unspecified atom stereocenters. The Morgan fingerprint density at radius 1 is 1.40 bits per heavy atom. The zero-order valence-corrected chi connectivity index (χ0v) is 12.3. The average Bonchev–Trinajstić information content (AvgIpc) is 2.92.